The molecule has 0 saturated carbocycles. The summed E-state index contributed by atoms with van der Waals surface area (Å²) in [5, 5.41) is 33.4. The average Bonchev–Trinajstić information content (AvgIpc) is 3.37. The lowest BCUT2D eigenvalue weighted by atomic mass is 9.95. The van der Waals surface area contributed by atoms with Crippen molar-refractivity contribution in [3.63, 3.8) is 0 Å². The zero-order valence-electron chi connectivity index (χ0n) is 20.4. The molecule has 0 spiro atoms. The molecule has 4 rings (SSSR count). The van der Waals surface area contributed by atoms with Gasteiger partial charge in [-0.05, 0) is 66.1 Å². The van der Waals surface area contributed by atoms with Crippen LogP contribution in [0.1, 0.15) is 47.8 Å². The van der Waals surface area contributed by atoms with Crippen LogP contribution in [-0.4, -0.2) is 78.5 Å². The van der Waals surface area contributed by atoms with E-state index in [-0.39, 0.29) is 30.8 Å². The van der Waals surface area contributed by atoms with E-state index in [9.17, 15) is 19.8 Å². The number of carbonyl (C=O) groups excluding carboxylic acids is 2. The number of rotatable bonds is 8. The number of amides is 2. The number of methoxy groups -OCH3 is 1. The zero-order chi connectivity index (χ0) is 25.8. The minimum atomic E-state index is -0.712. The molecule has 2 unspecified atom stereocenters. The van der Waals surface area contributed by atoms with Crippen molar-refractivity contribution >= 4 is 17.6 Å². The average molecular weight is 496 g/mol. The number of benzene rings is 1. The van der Waals surface area contributed by atoms with Crippen LogP contribution in [-0.2, 0) is 17.8 Å². The first-order valence-corrected chi connectivity index (χ1v) is 11.6. The number of pyridine rings is 1. The maximum Gasteiger partial charge on any atom is 0.260 e. The first-order valence-electron chi connectivity index (χ1n) is 11.6. The fraction of sp³-hybridized carbons (Fsp3) is 0.417. The van der Waals surface area contributed by atoms with E-state index in [1.165, 1.54) is 11.8 Å². The van der Waals surface area contributed by atoms with E-state index < -0.39 is 12.0 Å². The second-order valence-corrected chi connectivity index (χ2v) is 8.78. The highest BCUT2D eigenvalue weighted by atomic mass is 16.5. The van der Waals surface area contributed by atoms with Gasteiger partial charge in [0.05, 0.1) is 37.8 Å². The van der Waals surface area contributed by atoms with Crippen LogP contribution in [0.4, 0.5) is 5.82 Å². The van der Waals surface area contributed by atoms with Gasteiger partial charge in [-0.1, -0.05) is 6.07 Å². The standard InChI is InChI=1S/C24H29N7O5/c1-14(13-32)31-23(27-28-29-31)19-5-4-6-21(25-19)26-24(35)18-10-17-12-30(22(34)9-15(2)33)8-7-16(17)11-20(18)36-3/h4-6,10-11,14-15,32-33H,7-9,12-13H2,1-3H3,(H,25,26,35). The van der Waals surface area contributed by atoms with Crippen LogP contribution in [0.3, 0.4) is 0 Å². The maximum absolute atomic E-state index is 13.2. The molecule has 3 N–H and O–H groups in total. The lowest BCUT2D eigenvalue weighted by molar-refractivity contribution is -0.133. The highest BCUT2D eigenvalue weighted by molar-refractivity contribution is 6.06. The predicted molar refractivity (Wildman–Crippen MR) is 129 cm³/mol. The third kappa shape index (κ3) is 5.34. The molecule has 12 nitrogen and oxygen atoms in total. The van der Waals surface area contributed by atoms with Crippen molar-refractivity contribution in [3.05, 3.63) is 47.0 Å². The molecule has 3 aromatic rings. The van der Waals surface area contributed by atoms with Crippen LogP contribution in [0, 0.1) is 0 Å². The van der Waals surface area contributed by atoms with Gasteiger partial charge in [-0.15, -0.1) is 5.10 Å². The SMILES string of the molecule is COc1cc2c(cc1C(=O)Nc1cccc(-c3nnnn3C(C)CO)n1)CN(C(=O)CC(C)O)CC2. The number of anilines is 1. The quantitative estimate of drug-likeness (QED) is 0.418. The molecular formula is C24H29N7O5. The Morgan fingerprint density at radius 3 is 2.75 bits per heavy atom. The number of nitrogens with zero attached hydrogens (tertiary/aromatic N) is 6. The van der Waals surface area contributed by atoms with Gasteiger partial charge in [-0.2, -0.15) is 0 Å². The molecule has 1 aliphatic heterocycles. The van der Waals surface area contributed by atoms with Crippen LogP contribution >= 0.6 is 0 Å². The molecule has 1 aliphatic rings. The third-order valence-electron chi connectivity index (χ3n) is 6.00. The molecule has 2 atom stereocenters. The highest BCUT2D eigenvalue weighted by Crippen LogP contribution is 2.29. The summed E-state index contributed by atoms with van der Waals surface area (Å²) < 4.78 is 6.95. The molecule has 2 amide bonds. The third-order valence-corrected chi connectivity index (χ3v) is 6.00. The number of aliphatic hydroxyl groups is 2. The topological polar surface area (TPSA) is 156 Å². The van der Waals surface area contributed by atoms with Crippen LogP contribution in [0.2, 0.25) is 0 Å². The highest BCUT2D eigenvalue weighted by Gasteiger charge is 2.25. The summed E-state index contributed by atoms with van der Waals surface area (Å²) in [6.45, 7) is 4.10. The van der Waals surface area contributed by atoms with E-state index in [1.54, 1.807) is 43.0 Å². The van der Waals surface area contributed by atoms with Crippen molar-refractivity contribution in [3.8, 4) is 17.3 Å². The van der Waals surface area contributed by atoms with Gasteiger partial charge in [-0.3, -0.25) is 9.59 Å². The number of nitrogens with one attached hydrogen (secondary N) is 1. The Balaban J connectivity index is 1.57. The summed E-state index contributed by atoms with van der Waals surface area (Å²) in [6, 6.07) is 8.29. The van der Waals surface area contributed by atoms with Crippen molar-refractivity contribution in [2.75, 3.05) is 25.6 Å². The second-order valence-electron chi connectivity index (χ2n) is 8.78. The van der Waals surface area contributed by atoms with Crippen LogP contribution in [0.5, 0.6) is 5.75 Å². The lowest BCUT2D eigenvalue weighted by Crippen LogP contribution is -2.37. The molecule has 0 bridgehead atoms. The predicted octanol–water partition coefficient (Wildman–Crippen LogP) is 1.20. The van der Waals surface area contributed by atoms with Crippen molar-refractivity contribution in [1.82, 2.24) is 30.1 Å². The first-order chi connectivity index (χ1) is 17.3. The van der Waals surface area contributed by atoms with Gasteiger partial charge in [0.2, 0.25) is 11.7 Å². The number of aliphatic hydroxyl groups excluding tert-OH is 2. The van der Waals surface area contributed by atoms with Crippen molar-refractivity contribution in [1.29, 1.82) is 0 Å². The number of ether oxygens (including phenoxy) is 1. The number of hydrogen-bond donors (Lipinski definition) is 3. The molecule has 0 fully saturated rings. The van der Waals surface area contributed by atoms with Gasteiger partial charge in [0.1, 0.15) is 17.3 Å². The van der Waals surface area contributed by atoms with E-state index in [0.29, 0.717) is 42.3 Å². The zero-order valence-corrected chi connectivity index (χ0v) is 20.4. The fourth-order valence-electron chi connectivity index (χ4n) is 4.08. The molecular weight excluding hydrogens is 466 g/mol. The van der Waals surface area contributed by atoms with E-state index in [4.69, 9.17) is 4.74 Å². The van der Waals surface area contributed by atoms with Crippen molar-refractivity contribution < 1.29 is 24.5 Å². The lowest BCUT2D eigenvalue weighted by Gasteiger charge is -2.30. The molecule has 190 valence electrons. The number of fused-ring (bicyclic) bond motifs is 1. The minimum Gasteiger partial charge on any atom is -0.496 e. The Morgan fingerprint density at radius 2 is 2.03 bits per heavy atom. The van der Waals surface area contributed by atoms with E-state index >= 15 is 0 Å². The molecule has 1 aromatic carbocycles. The van der Waals surface area contributed by atoms with Gasteiger partial charge in [0.25, 0.3) is 5.91 Å². The van der Waals surface area contributed by atoms with Crippen molar-refractivity contribution in [2.24, 2.45) is 0 Å². The molecule has 3 heterocycles. The van der Waals surface area contributed by atoms with E-state index in [0.717, 1.165) is 11.1 Å². The molecule has 0 aliphatic carbocycles. The number of hydrogen-bond acceptors (Lipinski definition) is 9. The molecule has 0 saturated heterocycles. The van der Waals surface area contributed by atoms with Crippen LogP contribution in [0.25, 0.3) is 11.5 Å². The molecule has 36 heavy (non-hydrogen) atoms. The van der Waals surface area contributed by atoms with Gasteiger partial charge in [0, 0.05) is 13.1 Å². The fourth-order valence-corrected chi connectivity index (χ4v) is 4.08. The molecule has 2 aromatic heterocycles. The summed E-state index contributed by atoms with van der Waals surface area (Å²) in [6.07, 6.45) is -0.0267. The normalized spacial score (nSPS) is 14.6. The Morgan fingerprint density at radius 1 is 1.22 bits per heavy atom. The molecule has 12 heteroatoms. The molecule has 0 radical (unpaired) electrons. The minimum absolute atomic E-state index is 0.0567. The maximum atomic E-state index is 13.2. The van der Waals surface area contributed by atoms with Crippen molar-refractivity contribution in [2.45, 2.75) is 45.4 Å². The first kappa shape index (κ1) is 25.2. The summed E-state index contributed by atoms with van der Waals surface area (Å²) in [4.78, 5) is 31.8. The Kier molecular flexibility index (Phi) is 7.55. The Hall–Kier alpha value is -3.90. The van der Waals surface area contributed by atoms with E-state index in [2.05, 4.69) is 25.8 Å². The van der Waals surface area contributed by atoms with Gasteiger partial charge in [0.15, 0.2) is 0 Å². The largest absolute Gasteiger partial charge is 0.496 e. The van der Waals surface area contributed by atoms with Gasteiger partial charge < -0.3 is 25.2 Å². The smallest absolute Gasteiger partial charge is 0.260 e. The number of tetrazole rings is 1. The van der Waals surface area contributed by atoms with Gasteiger partial charge in [-0.25, -0.2) is 9.67 Å². The van der Waals surface area contributed by atoms with Crippen LogP contribution < -0.4 is 10.1 Å². The van der Waals surface area contributed by atoms with E-state index in [1.807, 2.05) is 6.07 Å². The van der Waals surface area contributed by atoms with Gasteiger partial charge >= 0.3 is 0 Å². The Bertz CT molecular complexity index is 1260. The van der Waals surface area contributed by atoms with Crippen LogP contribution in [0.15, 0.2) is 30.3 Å². The summed E-state index contributed by atoms with van der Waals surface area (Å²) in [5.41, 5.74) is 2.61. The monoisotopic (exact) mass is 495 g/mol. The second kappa shape index (κ2) is 10.8. The summed E-state index contributed by atoms with van der Waals surface area (Å²) >= 11 is 0. The summed E-state index contributed by atoms with van der Waals surface area (Å²) in [7, 11) is 1.50. The number of carbonyl (C=O) groups is 2. The summed E-state index contributed by atoms with van der Waals surface area (Å²) in [5.74, 6) is 0.524. The number of aromatic nitrogens is 5. The Labute approximate surface area is 207 Å².